The molecular formula is C35H68O3. The van der Waals surface area contributed by atoms with E-state index in [9.17, 15) is 9.59 Å². The van der Waals surface area contributed by atoms with E-state index in [1.54, 1.807) is 0 Å². The van der Waals surface area contributed by atoms with Gasteiger partial charge in [-0.2, -0.15) is 0 Å². The maximum atomic E-state index is 12.2. The number of carbonyl (C=O) groups is 2. The van der Waals surface area contributed by atoms with E-state index in [0.29, 0.717) is 12.8 Å². The monoisotopic (exact) mass is 537 g/mol. The predicted molar refractivity (Wildman–Crippen MR) is 166 cm³/mol. The smallest absolute Gasteiger partial charge is 0.306 e. The van der Waals surface area contributed by atoms with Crippen LogP contribution in [0.15, 0.2) is 0 Å². The zero-order valence-corrected chi connectivity index (χ0v) is 26.1. The molecule has 0 rings (SSSR count). The van der Waals surface area contributed by atoms with Crippen LogP contribution in [0.25, 0.3) is 0 Å². The summed E-state index contributed by atoms with van der Waals surface area (Å²) in [6.45, 7) is 4.53. The normalized spacial score (nSPS) is 12.1. The number of unbranched alkanes of at least 4 members (excludes halogenated alkanes) is 25. The Morgan fingerprint density at radius 2 is 0.816 bits per heavy atom. The number of aldehydes is 1. The Bertz CT molecular complexity index is 476. The molecule has 0 saturated heterocycles. The van der Waals surface area contributed by atoms with Gasteiger partial charge in [-0.1, -0.05) is 174 Å². The fourth-order valence-corrected chi connectivity index (χ4v) is 5.43. The Balaban J connectivity index is 3.40. The molecule has 3 nitrogen and oxygen atoms in total. The first-order chi connectivity index (χ1) is 18.7. The maximum absolute atomic E-state index is 12.2. The van der Waals surface area contributed by atoms with Crippen LogP contribution < -0.4 is 0 Å². The number of hydrogen-bond donors (Lipinski definition) is 0. The molecule has 0 amide bonds. The minimum atomic E-state index is -0.208. The number of esters is 1. The van der Waals surface area contributed by atoms with E-state index in [2.05, 4.69) is 13.8 Å². The molecule has 0 aliphatic heterocycles. The van der Waals surface area contributed by atoms with Gasteiger partial charge >= 0.3 is 5.97 Å². The van der Waals surface area contributed by atoms with Crippen LogP contribution in [0, 0.1) is 0 Å². The number of rotatable bonds is 32. The summed E-state index contributed by atoms with van der Waals surface area (Å²) < 4.78 is 5.61. The topological polar surface area (TPSA) is 43.4 Å². The minimum absolute atomic E-state index is 0.109. The lowest BCUT2D eigenvalue weighted by molar-refractivity contribution is -0.150. The highest BCUT2D eigenvalue weighted by atomic mass is 16.5. The molecule has 0 radical (unpaired) electrons. The third kappa shape index (κ3) is 29.7. The van der Waals surface area contributed by atoms with Gasteiger partial charge in [0.15, 0.2) is 0 Å². The molecule has 0 aromatic heterocycles. The van der Waals surface area contributed by atoms with Gasteiger partial charge in [-0.05, 0) is 19.3 Å². The molecule has 3 heteroatoms. The second-order valence-corrected chi connectivity index (χ2v) is 11.9. The van der Waals surface area contributed by atoms with Crippen molar-refractivity contribution in [3.05, 3.63) is 0 Å². The molecule has 0 spiro atoms. The average Bonchev–Trinajstić information content (AvgIpc) is 2.91. The molecule has 0 bridgehead atoms. The minimum Gasteiger partial charge on any atom is -0.462 e. The van der Waals surface area contributed by atoms with Crippen molar-refractivity contribution in [2.24, 2.45) is 0 Å². The zero-order chi connectivity index (χ0) is 27.8. The Morgan fingerprint density at radius 3 is 1.16 bits per heavy atom. The van der Waals surface area contributed by atoms with E-state index in [0.717, 1.165) is 32.0 Å². The van der Waals surface area contributed by atoms with Crippen molar-refractivity contribution in [2.45, 2.75) is 213 Å². The summed E-state index contributed by atoms with van der Waals surface area (Å²) in [5, 5.41) is 0. The fourth-order valence-electron chi connectivity index (χ4n) is 5.43. The number of carbonyl (C=O) groups excluding carboxylic acids is 2. The maximum Gasteiger partial charge on any atom is 0.306 e. The van der Waals surface area contributed by atoms with Gasteiger partial charge in [0.05, 0.1) is 0 Å². The molecule has 0 fully saturated rings. The van der Waals surface area contributed by atoms with Crippen molar-refractivity contribution < 1.29 is 14.3 Å². The molecule has 38 heavy (non-hydrogen) atoms. The van der Waals surface area contributed by atoms with Gasteiger partial charge in [-0.25, -0.2) is 0 Å². The third-order valence-corrected chi connectivity index (χ3v) is 8.02. The van der Waals surface area contributed by atoms with E-state index in [-0.39, 0.29) is 12.1 Å². The molecule has 1 unspecified atom stereocenters. The molecule has 0 aliphatic carbocycles. The number of ether oxygens (including phenoxy) is 1. The van der Waals surface area contributed by atoms with Crippen LogP contribution in [-0.4, -0.2) is 18.4 Å². The molecule has 1 atom stereocenters. The van der Waals surface area contributed by atoms with Crippen LogP contribution in [0.1, 0.15) is 206 Å². The SMILES string of the molecule is CCCCCCCCCCCCCCCCCCCCCCC(=O)OC(CC=O)CCCCCCCCC. The van der Waals surface area contributed by atoms with Gasteiger partial charge < -0.3 is 9.53 Å². The molecule has 226 valence electrons. The summed E-state index contributed by atoms with van der Waals surface area (Å²) in [7, 11) is 0. The van der Waals surface area contributed by atoms with E-state index >= 15 is 0 Å². The number of hydrogen-bond acceptors (Lipinski definition) is 3. The van der Waals surface area contributed by atoms with E-state index < -0.39 is 0 Å². The summed E-state index contributed by atoms with van der Waals surface area (Å²) in [4.78, 5) is 23.2. The molecule has 0 N–H and O–H groups in total. The Kier molecular flexibility index (Phi) is 31.6. The average molecular weight is 537 g/mol. The molecule has 0 saturated carbocycles. The molecule has 0 aromatic rings. The summed E-state index contributed by atoms with van der Waals surface area (Å²) in [5.41, 5.74) is 0. The van der Waals surface area contributed by atoms with Crippen LogP contribution in [0.2, 0.25) is 0 Å². The Labute approximate surface area is 239 Å². The van der Waals surface area contributed by atoms with Crippen molar-refractivity contribution in [3.63, 3.8) is 0 Å². The van der Waals surface area contributed by atoms with Crippen LogP contribution >= 0.6 is 0 Å². The van der Waals surface area contributed by atoms with E-state index in [4.69, 9.17) is 4.74 Å². The summed E-state index contributed by atoms with van der Waals surface area (Å²) in [5.74, 6) is -0.109. The second kappa shape index (κ2) is 32.4. The third-order valence-electron chi connectivity index (χ3n) is 8.02. The van der Waals surface area contributed by atoms with Gasteiger partial charge in [-0.15, -0.1) is 0 Å². The quantitative estimate of drug-likeness (QED) is 0.0487. The lowest BCUT2D eigenvalue weighted by atomic mass is 10.0. The highest BCUT2D eigenvalue weighted by molar-refractivity contribution is 5.69. The lowest BCUT2D eigenvalue weighted by Gasteiger charge is -2.15. The van der Waals surface area contributed by atoms with Crippen LogP contribution in [0.4, 0.5) is 0 Å². The first kappa shape index (κ1) is 37.1. The summed E-state index contributed by atoms with van der Waals surface area (Å²) in [6, 6.07) is 0. The fraction of sp³-hybridized carbons (Fsp3) is 0.943. The van der Waals surface area contributed by atoms with Gasteiger partial charge in [0, 0.05) is 12.8 Å². The standard InChI is InChI=1S/C35H68O3/c1-3-5-7-9-11-12-13-14-15-16-17-18-19-20-21-22-23-25-27-29-31-35(37)38-34(32-33-36)30-28-26-24-10-8-6-4-2/h33-34H,3-32H2,1-2H3. The Hall–Kier alpha value is -0.860. The lowest BCUT2D eigenvalue weighted by Crippen LogP contribution is -2.18. The van der Waals surface area contributed by atoms with Crippen molar-refractivity contribution in [1.82, 2.24) is 0 Å². The highest BCUT2D eigenvalue weighted by Crippen LogP contribution is 2.16. The largest absolute Gasteiger partial charge is 0.462 e. The van der Waals surface area contributed by atoms with Gasteiger partial charge in [0.2, 0.25) is 0 Å². The second-order valence-electron chi connectivity index (χ2n) is 11.9. The van der Waals surface area contributed by atoms with Crippen molar-refractivity contribution in [1.29, 1.82) is 0 Å². The zero-order valence-electron chi connectivity index (χ0n) is 26.1. The highest BCUT2D eigenvalue weighted by Gasteiger charge is 2.13. The van der Waals surface area contributed by atoms with Gasteiger partial charge in [-0.3, -0.25) is 4.79 Å². The summed E-state index contributed by atoms with van der Waals surface area (Å²) in [6.07, 6.45) is 38.3. The first-order valence-electron chi connectivity index (χ1n) is 17.4. The van der Waals surface area contributed by atoms with E-state index in [1.165, 1.54) is 154 Å². The molecule has 0 aromatic carbocycles. The van der Waals surface area contributed by atoms with Crippen LogP contribution in [0.3, 0.4) is 0 Å². The summed E-state index contributed by atoms with van der Waals surface area (Å²) >= 11 is 0. The predicted octanol–water partition coefficient (Wildman–Crippen LogP) is 11.8. The van der Waals surface area contributed by atoms with Gasteiger partial charge in [0.1, 0.15) is 12.4 Å². The molecular weight excluding hydrogens is 468 g/mol. The van der Waals surface area contributed by atoms with Crippen molar-refractivity contribution >= 4 is 12.3 Å². The first-order valence-corrected chi connectivity index (χ1v) is 17.4. The van der Waals surface area contributed by atoms with Crippen molar-refractivity contribution in [3.8, 4) is 0 Å². The van der Waals surface area contributed by atoms with E-state index in [1.807, 2.05) is 0 Å². The molecule has 0 heterocycles. The van der Waals surface area contributed by atoms with Crippen molar-refractivity contribution in [2.75, 3.05) is 0 Å². The van der Waals surface area contributed by atoms with Crippen LogP contribution in [-0.2, 0) is 14.3 Å². The Morgan fingerprint density at radius 1 is 0.500 bits per heavy atom. The van der Waals surface area contributed by atoms with Gasteiger partial charge in [0.25, 0.3) is 0 Å². The molecule has 0 aliphatic rings. The van der Waals surface area contributed by atoms with Crippen LogP contribution in [0.5, 0.6) is 0 Å².